The Morgan fingerprint density at radius 3 is 2.56 bits per heavy atom. The number of halogens is 1. The summed E-state index contributed by atoms with van der Waals surface area (Å²) in [5.41, 5.74) is 4.54. The molecule has 0 saturated carbocycles. The first kappa shape index (κ1) is 18.9. The van der Waals surface area contributed by atoms with E-state index < -0.39 is 0 Å². The molecule has 0 atom stereocenters. The van der Waals surface area contributed by atoms with Crippen LogP contribution in [0.2, 0.25) is 5.02 Å². The predicted molar refractivity (Wildman–Crippen MR) is 110 cm³/mol. The molecule has 2 aromatic carbocycles. The number of nitrogens with one attached hydrogen (secondary N) is 2. The average molecular weight is 381 g/mol. The number of amides is 1. The largest absolute Gasteiger partial charge is 0.354 e. The van der Waals surface area contributed by atoms with Gasteiger partial charge in [0.05, 0.1) is 0 Å². The van der Waals surface area contributed by atoms with Gasteiger partial charge in [-0.15, -0.1) is 0 Å². The Balaban J connectivity index is 1.59. The van der Waals surface area contributed by atoms with Crippen LogP contribution in [-0.4, -0.2) is 22.4 Å². The molecule has 0 aliphatic heterocycles. The third kappa shape index (κ3) is 5.28. The Morgan fingerprint density at radius 1 is 1.04 bits per heavy atom. The van der Waals surface area contributed by atoms with E-state index in [-0.39, 0.29) is 5.91 Å². The quantitative estimate of drug-likeness (QED) is 0.653. The molecule has 0 aliphatic rings. The first-order valence-corrected chi connectivity index (χ1v) is 9.09. The smallest absolute Gasteiger partial charge is 0.274 e. The second-order valence-corrected chi connectivity index (χ2v) is 6.76. The van der Waals surface area contributed by atoms with E-state index >= 15 is 0 Å². The Bertz CT molecular complexity index is 941. The van der Waals surface area contributed by atoms with Gasteiger partial charge in [-0.1, -0.05) is 29.8 Å². The summed E-state index contributed by atoms with van der Waals surface area (Å²) in [4.78, 5) is 20.9. The first-order chi connectivity index (χ1) is 13.0. The number of carbonyl (C=O) groups is 1. The molecule has 0 radical (unpaired) electrons. The molecule has 1 heterocycles. The molecule has 0 spiro atoms. The fourth-order valence-electron chi connectivity index (χ4n) is 2.55. The highest BCUT2D eigenvalue weighted by molar-refractivity contribution is 6.30. The minimum absolute atomic E-state index is 0.263. The molecule has 138 valence electrons. The SMILES string of the molecule is Cc1ccc(NC(=O)c2ccnc(NCCc3ccc(Cl)cc3)n2)cc1C. The molecule has 0 bridgehead atoms. The lowest BCUT2D eigenvalue weighted by Gasteiger charge is -2.09. The van der Waals surface area contributed by atoms with E-state index in [9.17, 15) is 4.79 Å². The lowest BCUT2D eigenvalue weighted by molar-refractivity contribution is 0.102. The van der Waals surface area contributed by atoms with E-state index in [1.165, 1.54) is 5.56 Å². The zero-order valence-electron chi connectivity index (χ0n) is 15.3. The minimum Gasteiger partial charge on any atom is -0.354 e. The molecule has 5 nitrogen and oxygen atoms in total. The van der Waals surface area contributed by atoms with Gasteiger partial charge in [0, 0.05) is 23.5 Å². The van der Waals surface area contributed by atoms with Gasteiger partial charge in [-0.25, -0.2) is 9.97 Å². The molecule has 3 rings (SSSR count). The van der Waals surface area contributed by atoms with Crippen molar-refractivity contribution in [3.63, 3.8) is 0 Å². The second-order valence-electron chi connectivity index (χ2n) is 6.32. The highest BCUT2D eigenvalue weighted by atomic mass is 35.5. The summed E-state index contributed by atoms with van der Waals surface area (Å²) in [6.45, 7) is 4.70. The Labute approximate surface area is 163 Å². The molecule has 0 unspecified atom stereocenters. The van der Waals surface area contributed by atoms with Crippen molar-refractivity contribution in [3.8, 4) is 0 Å². The highest BCUT2D eigenvalue weighted by Gasteiger charge is 2.10. The van der Waals surface area contributed by atoms with Crippen LogP contribution >= 0.6 is 11.6 Å². The van der Waals surface area contributed by atoms with Crippen LogP contribution in [0.3, 0.4) is 0 Å². The lowest BCUT2D eigenvalue weighted by atomic mass is 10.1. The van der Waals surface area contributed by atoms with Crippen molar-refractivity contribution in [2.24, 2.45) is 0 Å². The monoisotopic (exact) mass is 380 g/mol. The molecule has 27 heavy (non-hydrogen) atoms. The maximum Gasteiger partial charge on any atom is 0.274 e. The number of hydrogen-bond acceptors (Lipinski definition) is 4. The number of anilines is 2. The van der Waals surface area contributed by atoms with Crippen molar-refractivity contribution in [3.05, 3.63) is 82.1 Å². The fourth-order valence-corrected chi connectivity index (χ4v) is 2.68. The summed E-state index contributed by atoms with van der Waals surface area (Å²) >= 11 is 5.89. The molecule has 3 aromatic rings. The summed E-state index contributed by atoms with van der Waals surface area (Å²) in [6.07, 6.45) is 2.38. The average Bonchev–Trinajstić information content (AvgIpc) is 2.66. The van der Waals surface area contributed by atoms with Crippen LogP contribution < -0.4 is 10.6 Å². The van der Waals surface area contributed by atoms with Crippen LogP contribution in [0.25, 0.3) is 0 Å². The number of aryl methyl sites for hydroxylation is 2. The van der Waals surface area contributed by atoms with E-state index in [4.69, 9.17) is 11.6 Å². The predicted octanol–water partition coefficient (Wildman–Crippen LogP) is 4.65. The zero-order chi connectivity index (χ0) is 19.2. The third-order valence-electron chi connectivity index (χ3n) is 4.26. The van der Waals surface area contributed by atoms with Crippen molar-refractivity contribution in [2.45, 2.75) is 20.3 Å². The third-order valence-corrected chi connectivity index (χ3v) is 4.52. The van der Waals surface area contributed by atoms with E-state index in [1.807, 2.05) is 56.3 Å². The molecule has 0 saturated heterocycles. The number of aromatic nitrogens is 2. The van der Waals surface area contributed by atoms with Gasteiger partial charge < -0.3 is 10.6 Å². The summed E-state index contributed by atoms with van der Waals surface area (Å²) in [5, 5.41) is 6.74. The number of carbonyl (C=O) groups excluding carboxylic acids is 1. The van der Waals surface area contributed by atoms with Crippen molar-refractivity contribution in [1.29, 1.82) is 0 Å². The van der Waals surface area contributed by atoms with Crippen LogP contribution in [0.15, 0.2) is 54.7 Å². The zero-order valence-corrected chi connectivity index (χ0v) is 16.0. The number of rotatable bonds is 6. The standard InChI is InChI=1S/C21H21ClN4O/c1-14-3-8-18(13-15(14)2)25-20(27)19-10-12-24-21(26-19)23-11-9-16-4-6-17(22)7-5-16/h3-8,10,12-13H,9,11H2,1-2H3,(H,25,27)(H,23,24,26). The molecule has 6 heteroatoms. The van der Waals surface area contributed by atoms with Crippen LogP contribution in [0.1, 0.15) is 27.2 Å². The number of nitrogens with zero attached hydrogens (tertiary/aromatic N) is 2. The highest BCUT2D eigenvalue weighted by Crippen LogP contribution is 2.15. The summed E-state index contributed by atoms with van der Waals surface area (Å²) in [7, 11) is 0. The van der Waals surface area contributed by atoms with Gasteiger partial charge in [-0.05, 0) is 67.3 Å². The Morgan fingerprint density at radius 2 is 1.81 bits per heavy atom. The van der Waals surface area contributed by atoms with E-state index in [0.717, 1.165) is 28.3 Å². The van der Waals surface area contributed by atoms with Crippen LogP contribution in [0, 0.1) is 13.8 Å². The Kier molecular flexibility index (Phi) is 6.04. The van der Waals surface area contributed by atoms with Crippen molar-refractivity contribution < 1.29 is 4.79 Å². The molecule has 1 amide bonds. The maximum atomic E-state index is 12.4. The lowest BCUT2D eigenvalue weighted by Crippen LogP contribution is -2.16. The topological polar surface area (TPSA) is 66.9 Å². The maximum absolute atomic E-state index is 12.4. The van der Waals surface area contributed by atoms with Crippen LogP contribution in [-0.2, 0) is 6.42 Å². The summed E-state index contributed by atoms with van der Waals surface area (Å²) < 4.78 is 0. The molecule has 1 aromatic heterocycles. The van der Waals surface area contributed by atoms with Crippen molar-refractivity contribution in [2.75, 3.05) is 17.2 Å². The molecular formula is C21H21ClN4O. The summed E-state index contributed by atoms with van der Waals surface area (Å²) in [6, 6.07) is 15.1. The summed E-state index contributed by atoms with van der Waals surface area (Å²) in [5.74, 6) is 0.165. The van der Waals surface area contributed by atoms with Crippen molar-refractivity contribution in [1.82, 2.24) is 9.97 Å². The molecule has 0 aliphatic carbocycles. The van der Waals surface area contributed by atoms with Crippen LogP contribution in [0.5, 0.6) is 0 Å². The fraction of sp³-hybridized carbons (Fsp3) is 0.190. The van der Waals surface area contributed by atoms with Gasteiger partial charge in [0.15, 0.2) is 0 Å². The van der Waals surface area contributed by atoms with Gasteiger partial charge in [-0.3, -0.25) is 4.79 Å². The number of hydrogen-bond donors (Lipinski definition) is 2. The first-order valence-electron chi connectivity index (χ1n) is 8.71. The normalized spacial score (nSPS) is 10.5. The Hall–Kier alpha value is -2.92. The molecule has 0 fully saturated rings. The van der Waals surface area contributed by atoms with E-state index in [2.05, 4.69) is 20.6 Å². The molecule has 2 N–H and O–H groups in total. The van der Waals surface area contributed by atoms with Crippen molar-refractivity contribution >= 4 is 29.1 Å². The number of benzene rings is 2. The van der Waals surface area contributed by atoms with Crippen LogP contribution in [0.4, 0.5) is 11.6 Å². The van der Waals surface area contributed by atoms with Gasteiger partial charge in [0.2, 0.25) is 5.95 Å². The second kappa shape index (κ2) is 8.64. The molecular weight excluding hydrogens is 360 g/mol. The van der Waals surface area contributed by atoms with Gasteiger partial charge in [0.1, 0.15) is 5.69 Å². The van der Waals surface area contributed by atoms with E-state index in [0.29, 0.717) is 18.2 Å². The van der Waals surface area contributed by atoms with E-state index in [1.54, 1.807) is 12.3 Å². The van der Waals surface area contributed by atoms with Gasteiger partial charge in [0.25, 0.3) is 5.91 Å². The van der Waals surface area contributed by atoms with Gasteiger partial charge >= 0.3 is 0 Å². The minimum atomic E-state index is -0.263. The van der Waals surface area contributed by atoms with Gasteiger partial charge in [-0.2, -0.15) is 0 Å².